The van der Waals surface area contributed by atoms with E-state index in [0.29, 0.717) is 37.6 Å². The van der Waals surface area contributed by atoms with E-state index in [0.717, 1.165) is 18.7 Å². The highest BCUT2D eigenvalue weighted by Crippen LogP contribution is 2.09. The molecule has 6 heteroatoms. The Balaban J connectivity index is 2.47. The first-order valence-corrected chi connectivity index (χ1v) is 6.62. The van der Waals surface area contributed by atoms with Crippen molar-refractivity contribution in [1.29, 1.82) is 0 Å². The largest absolute Gasteiger partial charge is 0.383 e. The van der Waals surface area contributed by atoms with Crippen molar-refractivity contribution in [2.45, 2.75) is 13.3 Å². The maximum atomic E-state index is 13.4. The van der Waals surface area contributed by atoms with Crippen LogP contribution < -0.4 is 10.6 Å². The van der Waals surface area contributed by atoms with E-state index in [4.69, 9.17) is 4.74 Å². The van der Waals surface area contributed by atoms with Crippen molar-refractivity contribution in [1.82, 2.24) is 10.6 Å². The topological polar surface area (TPSA) is 45.7 Å². The quantitative estimate of drug-likeness (QED) is 0.455. The molecule has 0 atom stereocenters. The molecule has 0 heterocycles. The van der Waals surface area contributed by atoms with E-state index in [1.54, 1.807) is 7.11 Å². The molecule has 112 valence electrons. The summed E-state index contributed by atoms with van der Waals surface area (Å²) in [5.74, 6) is -0.182. The van der Waals surface area contributed by atoms with E-state index in [9.17, 15) is 8.78 Å². The van der Waals surface area contributed by atoms with Crippen molar-refractivity contribution < 1.29 is 13.5 Å². The number of ether oxygens (including phenoxy) is 1. The lowest BCUT2D eigenvalue weighted by atomic mass is 10.1. The molecule has 0 fully saturated rings. The minimum Gasteiger partial charge on any atom is -0.383 e. The second kappa shape index (κ2) is 9.25. The first kappa shape index (κ1) is 16.4. The molecule has 0 aliphatic carbocycles. The van der Waals surface area contributed by atoms with Gasteiger partial charge in [0.15, 0.2) is 5.96 Å². The van der Waals surface area contributed by atoms with Gasteiger partial charge in [-0.05, 0) is 37.1 Å². The molecular formula is C14H21F2N3O. The van der Waals surface area contributed by atoms with Gasteiger partial charge in [-0.2, -0.15) is 0 Å². The third kappa shape index (κ3) is 5.97. The number of rotatable bonds is 7. The van der Waals surface area contributed by atoms with Gasteiger partial charge in [0, 0.05) is 20.2 Å². The van der Waals surface area contributed by atoms with Crippen molar-refractivity contribution in [3.63, 3.8) is 0 Å². The smallest absolute Gasteiger partial charge is 0.191 e. The summed E-state index contributed by atoms with van der Waals surface area (Å²) in [4.78, 5) is 4.28. The van der Waals surface area contributed by atoms with Crippen LogP contribution in [0.3, 0.4) is 0 Å². The molecule has 0 saturated heterocycles. The van der Waals surface area contributed by atoms with E-state index < -0.39 is 11.6 Å². The van der Waals surface area contributed by atoms with Crippen LogP contribution in [-0.4, -0.2) is 39.3 Å². The lowest BCUT2D eigenvalue weighted by Crippen LogP contribution is -2.38. The Morgan fingerprint density at radius 1 is 1.30 bits per heavy atom. The molecule has 2 N–H and O–H groups in total. The van der Waals surface area contributed by atoms with Crippen LogP contribution in [0.25, 0.3) is 0 Å². The molecule has 0 amide bonds. The number of benzene rings is 1. The third-order valence-corrected chi connectivity index (χ3v) is 2.60. The van der Waals surface area contributed by atoms with Gasteiger partial charge in [-0.3, -0.25) is 4.99 Å². The highest BCUT2D eigenvalue weighted by molar-refractivity contribution is 5.79. The van der Waals surface area contributed by atoms with E-state index in [-0.39, 0.29) is 0 Å². The summed E-state index contributed by atoms with van der Waals surface area (Å²) in [6.07, 6.45) is 0.387. The van der Waals surface area contributed by atoms with Gasteiger partial charge in [0.25, 0.3) is 0 Å². The lowest BCUT2D eigenvalue weighted by Gasteiger charge is -2.11. The zero-order valence-corrected chi connectivity index (χ0v) is 11.9. The third-order valence-electron chi connectivity index (χ3n) is 2.60. The summed E-state index contributed by atoms with van der Waals surface area (Å²) < 4.78 is 31.4. The number of nitrogens with zero attached hydrogens (tertiary/aromatic N) is 1. The summed E-state index contributed by atoms with van der Waals surface area (Å²) in [5.41, 5.74) is 0.352. The molecule has 0 bridgehead atoms. The Morgan fingerprint density at radius 3 is 2.80 bits per heavy atom. The predicted molar refractivity (Wildman–Crippen MR) is 75.9 cm³/mol. The molecule has 1 aromatic carbocycles. The minimum absolute atomic E-state index is 0.352. The zero-order valence-electron chi connectivity index (χ0n) is 11.9. The van der Waals surface area contributed by atoms with Crippen LogP contribution in [0.4, 0.5) is 8.78 Å². The van der Waals surface area contributed by atoms with Gasteiger partial charge in [0.05, 0.1) is 13.2 Å². The Bertz CT molecular complexity index is 438. The van der Waals surface area contributed by atoms with Crippen molar-refractivity contribution in [3.8, 4) is 0 Å². The SMILES string of the molecule is CCNC(=NCCOC)NCCc1cc(F)ccc1F. The predicted octanol–water partition coefficient (Wildman–Crippen LogP) is 1.71. The normalized spacial score (nSPS) is 11.5. The Kier molecular flexibility index (Phi) is 7.57. The molecule has 0 spiro atoms. The summed E-state index contributed by atoms with van der Waals surface area (Å²) in [5, 5.41) is 6.14. The van der Waals surface area contributed by atoms with E-state index in [1.165, 1.54) is 6.07 Å². The Hall–Kier alpha value is -1.69. The molecule has 20 heavy (non-hydrogen) atoms. The maximum absolute atomic E-state index is 13.4. The van der Waals surface area contributed by atoms with Crippen LogP contribution in [0, 0.1) is 11.6 Å². The van der Waals surface area contributed by atoms with Gasteiger partial charge in [0.1, 0.15) is 11.6 Å². The maximum Gasteiger partial charge on any atom is 0.191 e. The standard InChI is InChI=1S/C14H21F2N3O/c1-3-17-14(19-8-9-20-2)18-7-6-11-10-12(15)4-5-13(11)16/h4-5,10H,3,6-9H2,1-2H3,(H2,17,18,19). The number of methoxy groups -OCH3 is 1. The number of nitrogens with one attached hydrogen (secondary N) is 2. The number of aliphatic imine (C=N–C) groups is 1. The molecule has 1 rings (SSSR count). The molecule has 0 unspecified atom stereocenters. The van der Waals surface area contributed by atoms with Gasteiger partial charge < -0.3 is 15.4 Å². The van der Waals surface area contributed by atoms with Crippen LogP contribution in [0.15, 0.2) is 23.2 Å². The molecule has 4 nitrogen and oxygen atoms in total. The Morgan fingerprint density at radius 2 is 2.10 bits per heavy atom. The number of hydrogen-bond donors (Lipinski definition) is 2. The number of guanidine groups is 1. The molecule has 0 saturated carbocycles. The van der Waals surface area contributed by atoms with Crippen LogP contribution in [0.1, 0.15) is 12.5 Å². The van der Waals surface area contributed by atoms with E-state index in [2.05, 4.69) is 15.6 Å². The van der Waals surface area contributed by atoms with Gasteiger partial charge >= 0.3 is 0 Å². The van der Waals surface area contributed by atoms with Crippen LogP contribution in [-0.2, 0) is 11.2 Å². The fraction of sp³-hybridized carbons (Fsp3) is 0.500. The molecular weight excluding hydrogens is 264 g/mol. The van der Waals surface area contributed by atoms with Gasteiger partial charge in [-0.15, -0.1) is 0 Å². The lowest BCUT2D eigenvalue weighted by molar-refractivity contribution is 0.208. The molecule has 0 aromatic heterocycles. The van der Waals surface area contributed by atoms with Crippen LogP contribution >= 0.6 is 0 Å². The van der Waals surface area contributed by atoms with Crippen molar-refractivity contribution >= 4 is 5.96 Å². The number of halogens is 2. The van der Waals surface area contributed by atoms with E-state index in [1.807, 2.05) is 6.92 Å². The summed E-state index contributed by atoms with van der Waals surface area (Å²) in [6, 6.07) is 3.47. The second-order valence-corrected chi connectivity index (χ2v) is 4.17. The second-order valence-electron chi connectivity index (χ2n) is 4.17. The first-order valence-electron chi connectivity index (χ1n) is 6.62. The number of hydrogen-bond acceptors (Lipinski definition) is 2. The monoisotopic (exact) mass is 285 g/mol. The van der Waals surface area contributed by atoms with Crippen molar-refractivity contribution in [2.75, 3.05) is 33.4 Å². The average Bonchev–Trinajstić information content (AvgIpc) is 2.43. The molecule has 0 aliphatic heterocycles. The average molecular weight is 285 g/mol. The summed E-state index contributed by atoms with van der Waals surface area (Å²) in [7, 11) is 1.61. The summed E-state index contributed by atoms with van der Waals surface area (Å²) >= 11 is 0. The van der Waals surface area contributed by atoms with Gasteiger partial charge in [-0.25, -0.2) is 8.78 Å². The van der Waals surface area contributed by atoms with Crippen LogP contribution in [0.2, 0.25) is 0 Å². The van der Waals surface area contributed by atoms with E-state index >= 15 is 0 Å². The molecule has 1 aromatic rings. The fourth-order valence-electron chi connectivity index (χ4n) is 1.64. The van der Waals surface area contributed by atoms with Crippen molar-refractivity contribution in [2.24, 2.45) is 4.99 Å². The van der Waals surface area contributed by atoms with Gasteiger partial charge in [0.2, 0.25) is 0 Å². The minimum atomic E-state index is -0.429. The molecule has 0 aliphatic rings. The summed E-state index contributed by atoms with van der Waals surface area (Å²) in [6.45, 7) is 4.24. The van der Waals surface area contributed by atoms with Crippen LogP contribution in [0.5, 0.6) is 0 Å². The Labute approximate surface area is 118 Å². The highest BCUT2D eigenvalue weighted by Gasteiger charge is 2.04. The fourth-order valence-corrected chi connectivity index (χ4v) is 1.64. The van der Waals surface area contributed by atoms with Gasteiger partial charge in [-0.1, -0.05) is 0 Å². The zero-order chi connectivity index (χ0) is 14.8. The van der Waals surface area contributed by atoms with Crippen molar-refractivity contribution in [3.05, 3.63) is 35.4 Å². The highest BCUT2D eigenvalue weighted by atomic mass is 19.1. The molecule has 0 radical (unpaired) electrons. The first-order chi connectivity index (χ1) is 9.67.